The van der Waals surface area contributed by atoms with Gasteiger partial charge in [0.2, 0.25) is 0 Å². The molecule has 0 aliphatic carbocycles. The molecule has 0 radical (unpaired) electrons. The SMILES string of the molecule is O=C(NCC1CCN(c2ccncc2)CC1)C1(O)CCN(Cc2ccccc2)C1. The third kappa shape index (κ3) is 4.95. The van der Waals surface area contributed by atoms with Crippen LogP contribution in [0.25, 0.3) is 0 Å². The summed E-state index contributed by atoms with van der Waals surface area (Å²) in [5, 5.41) is 13.9. The van der Waals surface area contributed by atoms with Crippen molar-refractivity contribution < 1.29 is 9.90 Å². The number of piperidine rings is 1. The molecule has 2 saturated heterocycles. The zero-order chi connectivity index (χ0) is 20.1. The van der Waals surface area contributed by atoms with E-state index in [1.165, 1.54) is 11.3 Å². The summed E-state index contributed by atoms with van der Waals surface area (Å²) in [6, 6.07) is 14.3. The van der Waals surface area contributed by atoms with E-state index in [-0.39, 0.29) is 5.91 Å². The van der Waals surface area contributed by atoms with Gasteiger partial charge in [0.15, 0.2) is 5.60 Å². The molecule has 4 rings (SSSR count). The molecule has 1 amide bonds. The molecule has 2 aliphatic heterocycles. The molecule has 1 unspecified atom stereocenters. The second kappa shape index (κ2) is 8.93. The minimum absolute atomic E-state index is 0.218. The van der Waals surface area contributed by atoms with Crippen molar-refractivity contribution in [3.8, 4) is 0 Å². The van der Waals surface area contributed by atoms with Gasteiger partial charge in [0, 0.05) is 57.3 Å². The van der Waals surface area contributed by atoms with E-state index in [1.54, 1.807) is 0 Å². The predicted molar refractivity (Wildman–Crippen MR) is 113 cm³/mol. The third-order valence-corrected chi connectivity index (χ3v) is 6.19. The standard InChI is InChI=1S/C23H30N4O2/c28-22(23(29)10-15-26(18-23)17-20-4-2-1-3-5-20)25-16-19-8-13-27(14-9-19)21-6-11-24-12-7-21/h1-7,11-12,19,29H,8-10,13-18H2,(H,25,28). The Balaban J connectivity index is 1.22. The molecule has 154 valence electrons. The van der Waals surface area contributed by atoms with Crippen molar-refractivity contribution in [3.63, 3.8) is 0 Å². The number of β-amino-alcohol motifs (C(OH)–C–C–N with tert-alkyl or cyclic N) is 1. The van der Waals surface area contributed by atoms with Crippen LogP contribution in [0.15, 0.2) is 54.9 Å². The number of benzene rings is 1. The van der Waals surface area contributed by atoms with Crippen LogP contribution in [0.4, 0.5) is 5.69 Å². The summed E-state index contributed by atoms with van der Waals surface area (Å²) in [7, 11) is 0. The van der Waals surface area contributed by atoms with E-state index in [4.69, 9.17) is 0 Å². The Morgan fingerprint density at radius 2 is 1.83 bits per heavy atom. The fourth-order valence-corrected chi connectivity index (χ4v) is 4.38. The van der Waals surface area contributed by atoms with Crippen LogP contribution >= 0.6 is 0 Å². The molecule has 2 aliphatic rings. The van der Waals surface area contributed by atoms with Crippen LogP contribution in [0.3, 0.4) is 0 Å². The van der Waals surface area contributed by atoms with Gasteiger partial charge in [-0.1, -0.05) is 30.3 Å². The van der Waals surface area contributed by atoms with Crippen molar-refractivity contribution in [2.45, 2.75) is 31.4 Å². The molecule has 2 aromatic rings. The second-order valence-electron chi connectivity index (χ2n) is 8.32. The van der Waals surface area contributed by atoms with Crippen LogP contribution in [-0.4, -0.2) is 59.2 Å². The Hall–Kier alpha value is -2.44. The number of nitrogens with one attached hydrogen (secondary N) is 1. The van der Waals surface area contributed by atoms with E-state index < -0.39 is 5.60 Å². The van der Waals surface area contributed by atoms with Gasteiger partial charge in [-0.3, -0.25) is 14.7 Å². The summed E-state index contributed by atoms with van der Waals surface area (Å²) in [5.41, 5.74) is 1.14. The number of pyridine rings is 1. The van der Waals surface area contributed by atoms with Gasteiger partial charge in [0.1, 0.15) is 0 Å². The number of rotatable bonds is 6. The van der Waals surface area contributed by atoms with E-state index in [2.05, 4.69) is 32.2 Å². The lowest BCUT2D eigenvalue weighted by Crippen LogP contribution is -2.50. The van der Waals surface area contributed by atoms with E-state index in [1.807, 2.05) is 42.7 Å². The minimum Gasteiger partial charge on any atom is -0.379 e. The van der Waals surface area contributed by atoms with Gasteiger partial charge in [0.25, 0.3) is 5.91 Å². The van der Waals surface area contributed by atoms with Gasteiger partial charge in [-0.15, -0.1) is 0 Å². The highest BCUT2D eigenvalue weighted by Gasteiger charge is 2.42. The number of aliphatic hydroxyl groups is 1. The van der Waals surface area contributed by atoms with Gasteiger partial charge < -0.3 is 15.3 Å². The second-order valence-corrected chi connectivity index (χ2v) is 8.32. The molecule has 0 bridgehead atoms. The predicted octanol–water partition coefficient (Wildman–Crippen LogP) is 2.05. The lowest BCUT2D eigenvalue weighted by atomic mass is 9.95. The number of aromatic nitrogens is 1. The highest BCUT2D eigenvalue weighted by molar-refractivity contribution is 5.85. The molecule has 1 atom stereocenters. The zero-order valence-electron chi connectivity index (χ0n) is 16.8. The van der Waals surface area contributed by atoms with Crippen LogP contribution in [0.5, 0.6) is 0 Å². The van der Waals surface area contributed by atoms with Crippen LogP contribution < -0.4 is 10.2 Å². The number of anilines is 1. The quantitative estimate of drug-likeness (QED) is 0.785. The van der Waals surface area contributed by atoms with E-state index in [0.717, 1.165) is 39.0 Å². The molecule has 29 heavy (non-hydrogen) atoms. The third-order valence-electron chi connectivity index (χ3n) is 6.19. The van der Waals surface area contributed by atoms with Gasteiger partial charge >= 0.3 is 0 Å². The molecule has 3 heterocycles. The maximum Gasteiger partial charge on any atom is 0.253 e. The van der Waals surface area contributed by atoms with Crippen molar-refractivity contribution in [1.82, 2.24) is 15.2 Å². The average Bonchev–Trinajstić information content (AvgIpc) is 3.15. The molecule has 6 nitrogen and oxygen atoms in total. The van der Waals surface area contributed by atoms with Crippen molar-refractivity contribution in [2.24, 2.45) is 5.92 Å². The Bertz CT molecular complexity index is 793. The summed E-state index contributed by atoms with van der Waals surface area (Å²) in [6.07, 6.45) is 6.23. The first-order valence-electron chi connectivity index (χ1n) is 10.5. The smallest absolute Gasteiger partial charge is 0.253 e. The maximum atomic E-state index is 12.7. The highest BCUT2D eigenvalue weighted by atomic mass is 16.3. The molecule has 2 N–H and O–H groups in total. The number of nitrogens with zero attached hydrogens (tertiary/aromatic N) is 3. The van der Waals surface area contributed by atoms with Crippen LogP contribution in [0, 0.1) is 5.92 Å². The number of carbonyl (C=O) groups is 1. The topological polar surface area (TPSA) is 68.7 Å². The molecular weight excluding hydrogens is 364 g/mol. The number of amides is 1. The van der Waals surface area contributed by atoms with Crippen molar-refractivity contribution >= 4 is 11.6 Å². The van der Waals surface area contributed by atoms with Gasteiger partial charge in [-0.2, -0.15) is 0 Å². The number of likely N-dealkylation sites (tertiary alicyclic amines) is 1. The Labute approximate surface area is 172 Å². The summed E-state index contributed by atoms with van der Waals surface area (Å²) >= 11 is 0. The van der Waals surface area contributed by atoms with Gasteiger partial charge in [-0.05, 0) is 42.9 Å². The number of hydrogen-bond acceptors (Lipinski definition) is 5. The van der Waals surface area contributed by atoms with E-state index in [0.29, 0.717) is 25.4 Å². The van der Waals surface area contributed by atoms with E-state index in [9.17, 15) is 9.90 Å². The number of carbonyl (C=O) groups excluding carboxylic acids is 1. The first kappa shape index (κ1) is 19.9. The average molecular weight is 395 g/mol. The van der Waals surface area contributed by atoms with Crippen LogP contribution in [-0.2, 0) is 11.3 Å². The largest absolute Gasteiger partial charge is 0.379 e. The van der Waals surface area contributed by atoms with E-state index >= 15 is 0 Å². The first-order valence-corrected chi connectivity index (χ1v) is 10.5. The number of hydrogen-bond donors (Lipinski definition) is 2. The summed E-state index contributed by atoms with van der Waals surface area (Å²) < 4.78 is 0. The molecule has 0 saturated carbocycles. The molecule has 0 spiro atoms. The zero-order valence-corrected chi connectivity index (χ0v) is 16.8. The fourth-order valence-electron chi connectivity index (χ4n) is 4.38. The lowest BCUT2D eigenvalue weighted by molar-refractivity contribution is -0.138. The molecule has 1 aromatic heterocycles. The summed E-state index contributed by atoms with van der Waals surface area (Å²) in [5.74, 6) is 0.243. The highest BCUT2D eigenvalue weighted by Crippen LogP contribution is 2.25. The minimum atomic E-state index is -1.27. The van der Waals surface area contributed by atoms with Crippen LogP contribution in [0.2, 0.25) is 0 Å². The normalized spacial score (nSPS) is 23.3. The van der Waals surface area contributed by atoms with Crippen molar-refractivity contribution in [2.75, 3.05) is 37.6 Å². The Morgan fingerprint density at radius 3 is 2.55 bits per heavy atom. The lowest BCUT2D eigenvalue weighted by Gasteiger charge is -2.34. The Kier molecular flexibility index (Phi) is 6.11. The van der Waals surface area contributed by atoms with Crippen molar-refractivity contribution in [1.29, 1.82) is 0 Å². The maximum absolute atomic E-state index is 12.7. The fraction of sp³-hybridized carbons (Fsp3) is 0.478. The van der Waals surface area contributed by atoms with Gasteiger partial charge in [0.05, 0.1) is 0 Å². The summed E-state index contributed by atoms with van der Waals surface area (Å²) in [6.45, 7) is 4.52. The Morgan fingerprint density at radius 1 is 1.10 bits per heavy atom. The molecule has 2 fully saturated rings. The van der Waals surface area contributed by atoms with Crippen LogP contribution in [0.1, 0.15) is 24.8 Å². The molecule has 1 aromatic carbocycles. The summed E-state index contributed by atoms with van der Waals surface area (Å²) in [4.78, 5) is 21.3. The molecule has 6 heteroatoms. The monoisotopic (exact) mass is 394 g/mol. The first-order chi connectivity index (χ1) is 14.1. The van der Waals surface area contributed by atoms with Crippen molar-refractivity contribution in [3.05, 3.63) is 60.4 Å². The van der Waals surface area contributed by atoms with Gasteiger partial charge in [-0.25, -0.2) is 0 Å². The molecular formula is C23H30N4O2.